The molecule has 0 atom stereocenters. The highest BCUT2D eigenvalue weighted by atomic mass is 35.5. The van der Waals surface area contributed by atoms with Crippen molar-refractivity contribution in [3.05, 3.63) is 40.9 Å². The van der Waals surface area contributed by atoms with Crippen LogP contribution in [-0.4, -0.2) is 48.9 Å². The van der Waals surface area contributed by atoms with E-state index in [1.54, 1.807) is 44.2 Å². The van der Waals surface area contributed by atoms with Crippen LogP contribution in [0.5, 0.6) is 0 Å². The van der Waals surface area contributed by atoms with Gasteiger partial charge in [0.1, 0.15) is 0 Å². The molecule has 1 aromatic carbocycles. The Labute approximate surface area is 146 Å². The van der Waals surface area contributed by atoms with Gasteiger partial charge in [-0.3, -0.25) is 9.59 Å². The Bertz CT molecular complexity index is 616. The predicted molar refractivity (Wildman–Crippen MR) is 92.4 cm³/mol. The molecule has 0 bridgehead atoms. The SMILES string of the molecule is CCNC(=O)CN(CC)C(=O)COC(=O)/C=C/c1cccc(Cl)c1. The van der Waals surface area contributed by atoms with E-state index in [2.05, 4.69) is 5.32 Å². The first kappa shape index (κ1) is 19.7. The molecular formula is C17H21ClN2O4. The van der Waals surface area contributed by atoms with Crippen LogP contribution in [0.2, 0.25) is 5.02 Å². The lowest BCUT2D eigenvalue weighted by Gasteiger charge is -2.19. The van der Waals surface area contributed by atoms with E-state index in [0.717, 1.165) is 5.56 Å². The van der Waals surface area contributed by atoms with Gasteiger partial charge in [0, 0.05) is 24.2 Å². The number of benzene rings is 1. The van der Waals surface area contributed by atoms with Crippen molar-refractivity contribution in [2.45, 2.75) is 13.8 Å². The third-order valence-corrected chi connectivity index (χ3v) is 3.28. The van der Waals surface area contributed by atoms with E-state index in [1.807, 2.05) is 0 Å². The second-order valence-electron chi connectivity index (χ2n) is 4.86. The largest absolute Gasteiger partial charge is 0.452 e. The van der Waals surface area contributed by atoms with Crippen LogP contribution < -0.4 is 5.32 Å². The van der Waals surface area contributed by atoms with Gasteiger partial charge in [-0.1, -0.05) is 23.7 Å². The number of ether oxygens (including phenoxy) is 1. The minimum absolute atomic E-state index is 0.0565. The van der Waals surface area contributed by atoms with Gasteiger partial charge in [0.2, 0.25) is 5.91 Å². The van der Waals surface area contributed by atoms with Gasteiger partial charge in [0.25, 0.3) is 5.91 Å². The summed E-state index contributed by atoms with van der Waals surface area (Å²) >= 11 is 5.84. The van der Waals surface area contributed by atoms with Gasteiger partial charge >= 0.3 is 5.97 Å². The van der Waals surface area contributed by atoms with Crippen molar-refractivity contribution in [2.75, 3.05) is 26.2 Å². The van der Waals surface area contributed by atoms with Crippen LogP contribution in [0.3, 0.4) is 0 Å². The Balaban J connectivity index is 2.47. The Morgan fingerprint density at radius 3 is 2.67 bits per heavy atom. The summed E-state index contributed by atoms with van der Waals surface area (Å²) in [6.45, 7) is 3.92. The van der Waals surface area contributed by atoms with Gasteiger partial charge in [-0.05, 0) is 37.6 Å². The van der Waals surface area contributed by atoms with Gasteiger partial charge < -0.3 is 15.0 Å². The van der Waals surface area contributed by atoms with Crippen LogP contribution in [0.25, 0.3) is 6.08 Å². The molecule has 1 N–H and O–H groups in total. The molecule has 0 aliphatic carbocycles. The summed E-state index contributed by atoms with van der Waals surface area (Å²) < 4.78 is 4.90. The van der Waals surface area contributed by atoms with Crippen LogP contribution >= 0.6 is 11.6 Å². The third kappa shape index (κ3) is 7.28. The van der Waals surface area contributed by atoms with Crippen LogP contribution in [-0.2, 0) is 19.1 Å². The van der Waals surface area contributed by atoms with Gasteiger partial charge in [0.15, 0.2) is 6.61 Å². The second kappa shape index (κ2) is 10.4. The van der Waals surface area contributed by atoms with Gasteiger partial charge in [-0.15, -0.1) is 0 Å². The summed E-state index contributed by atoms with van der Waals surface area (Å²) in [5.41, 5.74) is 0.747. The van der Waals surface area contributed by atoms with Crippen molar-refractivity contribution >= 4 is 35.5 Å². The van der Waals surface area contributed by atoms with E-state index < -0.39 is 18.5 Å². The smallest absolute Gasteiger partial charge is 0.331 e. The lowest BCUT2D eigenvalue weighted by molar-refractivity contribution is -0.148. The highest BCUT2D eigenvalue weighted by Gasteiger charge is 2.16. The minimum atomic E-state index is -0.641. The number of esters is 1. The molecule has 0 saturated heterocycles. The fourth-order valence-corrected chi connectivity index (χ4v) is 2.05. The number of carbonyl (C=O) groups excluding carboxylic acids is 3. The Morgan fingerprint density at radius 2 is 2.04 bits per heavy atom. The van der Waals surface area contributed by atoms with Crippen LogP contribution in [0.15, 0.2) is 30.3 Å². The second-order valence-corrected chi connectivity index (χ2v) is 5.29. The fourth-order valence-electron chi connectivity index (χ4n) is 1.85. The van der Waals surface area contributed by atoms with E-state index in [9.17, 15) is 14.4 Å². The third-order valence-electron chi connectivity index (χ3n) is 3.04. The summed E-state index contributed by atoms with van der Waals surface area (Å²) in [7, 11) is 0. The number of nitrogens with one attached hydrogen (secondary N) is 1. The van der Waals surface area contributed by atoms with Crippen molar-refractivity contribution in [3.63, 3.8) is 0 Å². The molecule has 7 heteroatoms. The Morgan fingerprint density at radius 1 is 1.29 bits per heavy atom. The number of amides is 2. The predicted octanol–water partition coefficient (Wildman–Crippen LogP) is 1.88. The van der Waals surface area contributed by atoms with Crippen LogP contribution in [0, 0.1) is 0 Å². The molecular weight excluding hydrogens is 332 g/mol. The van der Waals surface area contributed by atoms with E-state index in [-0.39, 0.29) is 12.5 Å². The summed E-state index contributed by atoms with van der Waals surface area (Å²) in [6.07, 6.45) is 2.77. The highest BCUT2D eigenvalue weighted by Crippen LogP contribution is 2.11. The quantitative estimate of drug-likeness (QED) is 0.572. The number of carbonyl (C=O) groups is 3. The summed E-state index contributed by atoms with van der Waals surface area (Å²) in [6, 6.07) is 6.97. The van der Waals surface area contributed by atoms with Crippen molar-refractivity contribution in [2.24, 2.45) is 0 Å². The molecule has 0 aliphatic heterocycles. The lowest BCUT2D eigenvalue weighted by atomic mass is 10.2. The van der Waals surface area contributed by atoms with Gasteiger partial charge in [-0.25, -0.2) is 4.79 Å². The molecule has 6 nitrogen and oxygen atoms in total. The van der Waals surface area contributed by atoms with Crippen molar-refractivity contribution in [1.29, 1.82) is 0 Å². The lowest BCUT2D eigenvalue weighted by Crippen LogP contribution is -2.42. The van der Waals surface area contributed by atoms with Crippen LogP contribution in [0.4, 0.5) is 0 Å². The molecule has 1 aromatic rings. The number of hydrogen-bond acceptors (Lipinski definition) is 4. The first-order chi connectivity index (χ1) is 11.5. The first-order valence-electron chi connectivity index (χ1n) is 7.61. The van der Waals surface area contributed by atoms with Crippen molar-refractivity contribution in [1.82, 2.24) is 10.2 Å². The molecule has 0 aromatic heterocycles. The van der Waals surface area contributed by atoms with Gasteiger partial charge in [0.05, 0.1) is 6.54 Å². The van der Waals surface area contributed by atoms with E-state index in [4.69, 9.17) is 16.3 Å². The van der Waals surface area contributed by atoms with E-state index >= 15 is 0 Å². The highest BCUT2D eigenvalue weighted by molar-refractivity contribution is 6.30. The molecule has 0 spiro atoms. The zero-order valence-corrected chi connectivity index (χ0v) is 14.5. The zero-order valence-electron chi connectivity index (χ0n) is 13.8. The molecule has 0 unspecified atom stereocenters. The Kier molecular flexibility index (Phi) is 8.57. The normalized spacial score (nSPS) is 10.5. The molecule has 1 rings (SSSR count). The van der Waals surface area contributed by atoms with Crippen LogP contribution in [0.1, 0.15) is 19.4 Å². The number of hydrogen-bond donors (Lipinski definition) is 1. The maximum absolute atomic E-state index is 12.0. The Hall–Kier alpha value is -2.34. The molecule has 0 saturated carbocycles. The molecule has 0 aliphatic rings. The number of nitrogens with zero attached hydrogens (tertiary/aromatic N) is 1. The average Bonchev–Trinajstić information content (AvgIpc) is 2.56. The number of rotatable bonds is 8. The first-order valence-corrected chi connectivity index (χ1v) is 7.99. The fraction of sp³-hybridized carbons (Fsp3) is 0.353. The molecule has 2 amide bonds. The standard InChI is InChI=1S/C17H21ClN2O4/c1-3-19-15(21)11-20(4-2)16(22)12-24-17(23)9-8-13-6-5-7-14(18)10-13/h5-10H,3-4,11-12H2,1-2H3,(H,19,21)/b9-8+. The van der Waals surface area contributed by atoms with Crippen molar-refractivity contribution in [3.8, 4) is 0 Å². The summed E-state index contributed by atoms with van der Waals surface area (Å²) in [5.74, 6) is -1.31. The maximum Gasteiger partial charge on any atom is 0.331 e. The molecule has 0 heterocycles. The molecule has 0 fully saturated rings. The zero-order chi connectivity index (χ0) is 17.9. The molecule has 24 heavy (non-hydrogen) atoms. The molecule has 130 valence electrons. The monoisotopic (exact) mass is 352 g/mol. The average molecular weight is 353 g/mol. The minimum Gasteiger partial charge on any atom is -0.452 e. The topological polar surface area (TPSA) is 75.7 Å². The summed E-state index contributed by atoms with van der Waals surface area (Å²) in [4.78, 5) is 36.4. The molecule has 0 radical (unpaired) electrons. The number of likely N-dealkylation sites (N-methyl/N-ethyl adjacent to an activating group) is 2. The van der Waals surface area contributed by atoms with Gasteiger partial charge in [-0.2, -0.15) is 0 Å². The summed E-state index contributed by atoms with van der Waals surface area (Å²) in [5, 5.41) is 3.17. The maximum atomic E-state index is 12.0. The van der Waals surface area contributed by atoms with Crippen molar-refractivity contribution < 1.29 is 19.1 Å². The van der Waals surface area contributed by atoms with E-state index in [0.29, 0.717) is 18.1 Å². The van der Waals surface area contributed by atoms with E-state index in [1.165, 1.54) is 11.0 Å². The number of halogens is 1.